The van der Waals surface area contributed by atoms with Gasteiger partial charge in [-0.3, -0.25) is 14.6 Å². The molecule has 2 aromatic heterocycles. The maximum Gasteiger partial charge on any atom is 0.250 e. The van der Waals surface area contributed by atoms with Gasteiger partial charge >= 0.3 is 0 Å². The van der Waals surface area contributed by atoms with Crippen LogP contribution in [0.25, 0.3) is 0 Å². The Kier molecular flexibility index (Phi) is 4.50. The van der Waals surface area contributed by atoms with E-state index in [1.54, 1.807) is 55.4 Å². The Balaban J connectivity index is 0.00000225. The van der Waals surface area contributed by atoms with Gasteiger partial charge in [0.1, 0.15) is 5.82 Å². The summed E-state index contributed by atoms with van der Waals surface area (Å²) in [5.74, 6) is -0.402. The second kappa shape index (κ2) is 7.11. The van der Waals surface area contributed by atoms with Gasteiger partial charge in [-0.25, -0.2) is 4.39 Å². The molecule has 0 aliphatic heterocycles. The van der Waals surface area contributed by atoms with Crippen LogP contribution in [0.3, 0.4) is 0 Å². The van der Waals surface area contributed by atoms with E-state index in [-0.39, 0.29) is 25.1 Å². The molecule has 27 heavy (non-hydrogen) atoms. The molecule has 4 rings (SSSR count). The lowest BCUT2D eigenvalue weighted by atomic mass is 10.0. The second-order valence-electron chi connectivity index (χ2n) is 6.47. The van der Waals surface area contributed by atoms with Crippen molar-refractivity contribution in [3.63, 3.8) is 0 Å². The van der Waals surface area contributed by atoms with Crippen LogP contribution in [0.2, 0.25) is 0 Å². The predicted octanol–water partition coefficient (Wildman–Crippen LogP) is 3.59. The number of aromatic nitrogens is 2. The van der Waals surface area contributed by atoms with Gasteiger partial charge in [0.25, 0.3) is 5.56 Å². The minimum absolute atomic E-state index is 0. The molecule has 1 aliphatic carbocycles. The van der Waals surface area contributed by atoms with E-state index in [2.05, 4.69) is 4.98 Å². The quantitative estimate of drug-likeness (QED) is 0.631. The van der Waals surface area contributed by atoms with Crippen molar-refractivity contribution < 1.29 is 10.6 Å². The van der Waals surface area contributed by atoms with Crippen molar-refractivity contribution in [1.29, 1.82) is 0 Å². The number of carbonyl (C=O) groups excluding carboxylic acids is 1. The Labute approximate surface area is 157 Å². The molecule has 1 radical (unpaired) electrons. The molecular weight excluding hydrogens is 343 g/mol. The number of rotatable bonds is 6. The monoisotopic (exact) mass is 361 g/mol. The number of carbonyl (C=O) groups is 1. The zero-order chi connectivity index (χ0) is 18.8. The summed E-state index contributed by atoms with van der Waals surface area (Å²) in [5.41, 5.74) is 3.13. The first-order valence-electron chi connectivity index (χ1n) is 8.56. The fraction of sp³-hybridized carbons (Fsp3) is 0.0909. The van der Waals surface area contributed by atoms with Gasteiger partial charge in [-0.05, 0) is 35.7 Å². The summed E-state index contributed by atoms with van der Waals surface area (Å²) in [4.78, 5) is 28.0. The maximum absolute atomic E-state index is 14.5. The normalized spacial score (nSPS) is 12.6. The first-order valence-corrected chi connectivity index (χ1v) is 8.56. The number of Topliss-reactive ketones (excluding diaryl/α,β-unsaturated/α-hetero) is 1. The van der Waals surface area contributed by atoms with Crippen LogP contribution in [-0.2, 0) is 13.0 Å². The SMILES string of the molecule is O=C(C1=C[CH]1)c1cncc(Cc2ccc(Cn3ccccc3=O)c(F)c2)c1.[HH]. The van der Waals surface area contributed by atoms with Gasteiger partial charge in [0, 0.05) is 49.2 Å². The molecule has 0 saturated carbocycles. The second-order valence-corrected chi connectivity index (χ2v) is 6.47. The summed E-state index contributed by atoms with van der Waals surface area (Å²) >= 11 is 0. The molecule has 0 amide bonds. The van der Waals surface area contributed by atoms with E-state index in [1.807, 2.05) is 6.07 Å². The molecule has 135 valence electrons. The standard InChI is InChI=1S/C22H16FN2O2.H2/c23-20-11-15(4-5-18(20)14-25-8-2-1-3-21(25)26)9-16-10-19(13-24-12-16)22(27)17-6-7-17;/h1-8,10-13H,9,14H2;1H. The van der Waals surface area contributed by atoms with Gasteiger partial charge in [0.15, 0.2) is 5.78 Å². The van der Waals surface area contributed by atoms with Crippen LogP contribution in [0.5, 0.6) is 0 Å². The van der Waals surface area contributed by atoms with Crippen LogP contribution >= 0.6 is 0 Å². The summed E-state index contributed by atoms with van der Waals surface area (Å²) in [6.07, 6.45) is 8.86. The topological polar surface area (TPSA) is 52.0 Å². The summed E-state index contributed by atoms with van der Waals surface area (Å²) in [6.45, 7) is 0.183. The van der Waals surface area contributed by atoms with Crippen LogP contribution in [-0.4, -0.2) is 15.3 Å². The highest BCUT2D eigenvalue weighted by Crippen LogP contribution is 2.23. The van der Waals surface area contributed by atoms with Crippen molar-refractivity contribution in [2.45, 2.75) is 13.0 Å². The summed E-state index contributed by atoms with van der Waals surface area (Å²) in [7, 11) is 0. The maximum atomic E-state index is 14.5. The first-order chi connectivity index (χ1) is 13.1. The summed E-state index contributed by atoms with van der Waals surface area (Å²) in [5, 5.41) is 0. The smallest absolute Gasteiger partial charge is 0.250 e. The van der Waals surface area contributed by atoms with E-state index in [4.69, 9.17) is 0 Å². The van der Waals surface area contributed by atoms with Crippen LogP contribution in [0.15, 0.2) is 77.5 Å². The number of pyridine rings is 2. The number of hydrogen-bond donors (Lipinski definition) is 0. The van der Waals surface area contributed by atoms with Gasteiger partial charge in [-0.15, -0.1) is 0 Å². The van der Waals surface area contributed by atoms with Gasteiger partial charge in [0.05, 0.1) is 6.54 Å². The Hall–Kier alpha value is -3.34. The van der Waals surface area contributed by atoms with Crippen molar-refractivity contribution in [3.05, 3.63) is 118 Å². The van der Waals surface area contributed by atoms with Gasteiger partial charge < -0.3 is 4.57 Å². The third-order valence-corrected chi connectivity index (χ3v) is 4.42. The van der Waals surface area contributed by atoms with Crippen molar-refractivity contribution >= 4 is 5.78 Å². The van der Waals surface area contributed by atoms with E-state index in [1.165, 1.54) is 16.7 Å². The number of nitrogens with zero attached hydrogens (tertiary/aromatic N) is 2. The molecule has 1 aromatic carbocycles. The van der Waals surface area contributed by atoms with Crippen molar-refractivity contribution in [1.82, 2.24) is 9.55 Å². The summed E-state index contributed by atoms with van der Waals surface area (Å²) in [6, 6.07) is 11.6. The molecule has 0 atom stereocenters. The molecule has 0 N–H and O–H groups in total. The molecule has 4 nitrogen and oxygen atoms in total. The Morgan fingerprint density at radius 1 is 1.11 bits per heavy atom. The van der Waals surface area contributed by atoms with Crippen molar-refractivity contribution in [3.8, 4) is 0 Å². The molecule has 0 saturated heterocycles. The molecule has 0 fully saturated rings. The lowest BCUT2D eigenvalue weighted by Crippen LogP contribution is -2.18. The van der Waals surface area contributed by atoms with E-state index in [9.17, 15) is 14.0 Å². The van der Waals surface area contributed by atoms with Gasteiger partial charge in [0.2, 0.25) is 0 Å². The third kappa shape index (κ3) is 3.92. The van der Waals surface area contributed by atoms with E-state index in [0.29, 0.717) is 23.1 Å². The van der Waals surface area contributed by atoms with Crippen LogP contribution in [0, 0.1) is 12.2 Å². The fourth-order valence-electron chi connectivity index (χ4n) is 2.91. The van der Waals surface area contributed by atoms with Crippen LogP contribution < -0.4 is 5.56 Å². The molecule has 2 heterocycles. The van der Waals surface area contributed by atoms with E-state index < -0.39 is 0 Å². The first kappa shape index (κ1) is 17.1. The average molecular weight is 361 g/mol. The lowest BCUT2D eigenvalue weighted by Gasteiger charge is -2.09. The highest BCUT2D eigenvalue weighted by molar-refractivity contribution is 6.13. The Bertz CT molecular complexity index is 1120. The minimum atomic E-state index is -0.360. The number of halogens is 1. The lowest BCUT2D eigenvalue weighted by molar-refractivity contribution is 0.104. The fourth-order valence-corrected chi connectivity index (χ4v) is 2.91. The zero-order valence-electron chi connectivity index (χ0n) is 14.4. The number of ketones is 1. The highest BCUT2D eigenvalue weighted by Gasteiger charge is 2.19. The summed E-state index contributed by atoms with van der Waals surface area (Å²) < 4.78 is 16.0. The number of hydrogen-bond acceptors (Lipinski definition) is 3. The van der Waals surface area contributed by atoms with E-state index in [0.717, 1.165) is 11.1 Å². The molecule has 0 bridgehead atoms. The van der Waals surface area contributed by atoms with Crippen LogP contribution in [0.1, 0.15) is 28.5 Å². The molecule has 1 aliphatic rings. The molecule has 0 spiro atoms. The van der Waals surface area contributed by atoms with Crippen molar-refractivity contribution in [2.24, 2.45) is 0 Å². The van der Waals surface area contributed by atoms with Gasteiger partial charge in [-0.1, -0.05) is 24.3 Å². The number of allylic oxidation sites excluding steroid dienone is 2. The molecule has 5 heteroatoms. The minimum Gasteiger partial charge on any atom is -0.311 e. The third-order valence-electron chi connectivity index (χ3n) is 4.42. The Morgan fingerprint density at radius 3 is 2.70 bits per heavy atom. The molecular formula is C22H18FN2O2. The largest absolute Gasteiger partial charge is 0.311 e. The number of benzene rings is 1. The van der Waals surface area contributed by atoms with Gasteiger partial charge in [-0.2, -0.15) is 0 Å². The molecule has 0 unspecified atom stereocenters. The highest BCUT2D eigenvalue weighted by atomic mass is 19.1. The van der Waals surface area contributed by atoms with E-state index >= 15 is 0 Å². The zero-order valence-corrected chi connectivity index (χ0v) is 14.4. The Morgan fingerprint density at radius 2 is 1.96 bits per heavy atom. The van der Waals surface area contributed by atoms with Crippen LogP contribution in [0.4, 0.5) is 4.39 Å². The average Bonchev–Trinajstić information content (AvgIpc) is 3.50. The molecule has 3 aromatic rings. The predicted molar refractivity (Wildman–Crippen MR) is 102 cm³/mol. The van der Waals surface area contributed by atoms with Crippen molar-refractivity contribution in [2.75, 3.05) is 0 Å².